The van der Waals surface area contributed by atoms with Gasteiger partial charge in [-0.1, -0.05) is 6.58 Å². The van der Waals surface area contributed by atoms with E-state index >= 15 is 0 Å². The van der Waals surface area contributed by atoms with Crippen molar-refractivity contribution in [3.63, 3.8) is 0 Å². The molecule has 1 amide bonds. The lowest BCUT2D eigenvalue weighted by Crippen LogP contribution is -2.35. The van der Waals surface area contributed by atoms with Crippen LogP contribution in [0.4, 0.5) is 0 Å². The number of nitrogens with zero attached hydrogens (tertiary/aromatic N) is 1. The third-order valence-electron chi connectivity index (χ3n) is 3.18. The summed E-state index contributed by atoms with van der Waals surface area (Å²) in [6, 6.07) is -0.326. The maximum Gasteiger partial charge on any atom is 0.305 e. The van der Waals surface area contributed by atoms with Crippen LogP contribution in [-0.2, 0) is 16.0 Å². The van der Waals surface area contributed by atoms with E-state index in [1.54, 1.807) is 12.5 Å². The first-order chi connectivity index (χ1) is 10.5. The molecule has 0 fully saturated rings. The van der Waals surface area contributed by atoms with Crippen molar-refractivity contribution in [1.82, 2.24) is 20.6 Å². The van der Waals surface area contributed by atoms with E-state index in [-0.39, 0.29) is 18.4 Å². The smallest absolute Gasteiger partial charge is 0.305 e. The molecule has 0 aliphatic carbocycles. The van der Waals surface area contributed by atoms with Crippen molar-refractivity contribution >= 4 is 11.9 Å². The number of carboxylic acid groups (broad SMARTS) is 1. The second kappa shape index (κ2) is 9.59. The topological polar surface area (TPSA) is 107 Å². The molecule has 0 aromatic carbocycles. The number of carboxylic acids is 1. The zero-order chi connectivity index (χ0) is 16.4. The number of amides is 1. The molecule has 0 aliphatic heterocycles. The number of H-pyrrole nitrogens is 1. The normalized spacial score (nSPS) is 11.7. The van der Waals surface area contributed by atoms with Gasteiger partial charge in [-0.05, 0) is 19.3 Å². The van der Waals surface area contributed by atoms with Crippen LogP contribution < -0.4 is 10.6 Å². The van der Waals surface area contributed by atoms with E-state index in [0.717, 1.165) is 37.2 Å². The Hall–Kier alpha value is -2.31. The van der Waals surface area contributed by atoms with Gasteiger partial charge >= 0.3 is 5.97 Å². The van der Waals surface area contributed by atoms with Crippen molar-refractivity contribution < 1.29 is 14.7 Å². The van der Waals surface area contributed by atoms with Crippen molar-refractivity contribution in [2.24, 2.45) is 0 Å². The molecule has 22 heavy (non-hydrogen) atoms. The van der Waals surface area contributed by atoms with Crippen LogP contribution in [0.15, 0.2) is 24.8 Å². The Labute approximate surface area is 130 Å². The SMILES string of the molecule is C=C(CCCC(CC(=O)O)NC(C)=O)NCCc1cnc[nH]1. The molecule has 7 nitrogen and oxygen atoms in total. The van der Waals surface area contributed by atoms with Gasteiger partial charge in [-0.2, -0.15) is 0 Å². The number of aromatic nitrogens is 2. The highest BCUT2D eigenvalue weighted by molar-refractivity contribution is 5.74. The zero-order valence-electron chi connectivity index (χ0n) is 12.9. The second-order valence-electron chi connectivity index (χ2n) is 5.24. The Kier molecular flexibility index (Phi) is 7.74. The Morgan fingerprint density at radius 3 is 2.86 bits per heavy atom. The van der Waals surface area contributed by atoms with Crippen molar-refractivity contribution in [2.45, 2.75) is 45.1 Å². The van der Waals surface area contributed by atoms with Crippen molar-refractivity contribution in [3.05, 3.63) is 30.5 Å². The third-order valence-corrected chi connectivity index (χ3v) is 3.18. The first-order valence-electron chi connectivity index (χ1n) is 7.35. The number of carbonyl (C=O) groups is 2. The average molecular weight is 308 g/mol. The Morgan fingerprint density at radius 2 is 2.27 bits per heavy atom. The average Bonchev–Trinajstić information content (AvgIpc) is 2.90. The summed E-state index contributed by atoms with van der Waals surface area (Å²) >= 11 is 0. The van der Waals surface area contributed by atoms with Gasteiger partial charge in [0.15, 0.2) is 0 Å². The number of aliphatic carboxylic acids is 1. The van der Waals surface area contributed by atoms with Gasteiger partial charge in [0.1, 0.15) is 0 Å². The zero-order valence-corrected chi connectivity index (χ0v) is 12.9. The lowest BCUT2D eigenvalue weighted by Gasteiger charge is -2.16. The maximum atomic E-state index is 11.0. The van der Waals surface area contributed by atoms with E-state index in [0.29, 0.717) is 6.42 Å². The molecule has 1 heterocycles. The first-order valence-corrected chi connectivity index (χ1v) is 7.35. The minimum Gasteiger partial charge on any atom is -0.481 e. The number of aromatic amines is 1. The largest absolute Gasteiger partial charge is 0.481 e. The lowest BCUT2D eigenvalue weighted by molar-refractivity contribution is -0.137. The van der Waals surface area contributed by atoms with E-state index in [1.165, 1.54) is 6.92 Å². The first kappa shape index (κ1) is 17.7. The molecule has 4 N–H and O–H groups in total. The van der Waals surface area contributed by atoms with Gasteiger partial charge in [0.2, 0.25) is 5.91 Å². The van der Waals surface area contributed by atoms with Crippen LogP contribution in [0.1, 0.15) is 38.3 Å². The maximum absolute atomic E-state index is 11.0. The Morgan fingerprint density at radius 1 is 1.50 bits per heavy atom. The van der Waals surface area contributed by atoms with Gasteiger partial charge in [0, 0.05) is 43.5 Å². The van der Waals surface area contributed by atoms with Gasteiger partial charge in [-0.3, -0.25) is 9.59 Å². The van der Waals surface area contributed by atoms with Gasteiger partial charge in [-0.25, -0.2) is 4.98 Å². The van der Waals surface area contributed by atoms with Crippen molar-refractivity contribution in [3.8, 4) is 0 Å². The van der Waals surface area contributed by atoms with E-state index in [4.69, 9.17) is 5.11 Å². The van der Waals surface area contributed by atoms with Gasteiger partial charge in [0.05, 0.1) is 12.7 Å². The lowest BCUT2D eigenvalue weighted by atomic mass is 10.1. The molecule has 1 aromatic heterocycles. The summed E-state index contributed by atoms with van der Waals surface area (Å²) in [7, 11) is 0. The van der Waals surface area contributed by atoms with E-state index < -0.39 is 5.97 Å². The summed E-state index contributed by atoms with van der Waals surface area (Å²) in [5.41, 5.74) is 1.98. The number of allylic oxidation sites excluding steroid dienone is 1. The summed E-state index contributed by atoms with van der Waals surface area (Å²) < 4.78 is 0. The third kappa shape index (κ3) is 8.08. The molecular formula is C15H24N4O3. The number of imidazole rings is 1. The van der Waals surface area contributed by atoms with Crippen LogP contribution in [-0.4, -0.2) is 39.5 Å². The van der Waals surface area contributed by atoms with E-state index in [9.17, 15) is 9.59 Å². The summed E-state index contributed by atoms with van der Waals surface area (Å²) in [6.07, 6.45) is 6.36. The Balaban J connectivity index is 2.18. The predicted octanol–water partition coefficient (Wildman–Crippen LogP) is 1.21. The van der Waals surface area contributed by atoms with Crippen molar-refractivity contribution in [2.75, 3.05) is 6.54 Å². The summed E-state index contributed by atoms with van der Waals surface area (Å²) in [4.78, 5) is 28.8. The molecule has 0 radical (unpaired) electrons. The molecule has 0 bridgehead atoms. The standard InChI is InChI=1S/C15H24N4O3/c1-11(17-7-6-14-9-16-10-18-14)4-3-5-13(8-15(21)22)19-12(2)20/h9-10,13,17H,1,3-8H2,2H3,(H,16,18)(H,19,20)(H,21,22). The van der Waals surface area contributed by atoms with Gasteiger partial charge in [-0.15, -0.1) is 0 Å². The number of nitrogens with one attached hydrogen (secondary N) is 3. The molecular weight excluding hydrogens is 284 g/mol. The predicted molar refractivity (Wildman–Crippen MR) is 83.1 cm³/mol. The van der Waals surface area contributed by atoms with Crippen molar-refractivity contribution in [1.29, 1.82) is 0 Å². The van der Waals surface area contributed by atoms with Crippen LogP contribution in [0.3, 0.4) is 0 Å². The van der Waals surface area contributed by atoms with Crippen LogP contribution in [0.25, 0.3) is 0 Å². The molecule has 1 unspecified atom stereocenters. The van der Waals surface area contributed by atoms with Crippen LogP contribution in [0.5, 0.6) is 0 Å². The second-order valence-corrected chi connectivity index (χ2v) is 5.24. The minimum absolute atomic E-state index is 0.0562. The molecule has 1 rings (SSSR count). The van der Waals surface area contributed by atoms with Gasteiger partial charge in [0.25, 0.3) is 0 Å². The fourth-order valence-electron chi connectivity index (χ4n) is 2.17. The number of carbonyl (C=O) groups excluding carboxylic acids is 1. The fraction of sp³-hybridized carbons (Fsp3) is 0.533. The quantitative estimate of drug-likeness (QED) is 0.491. The molecule has 0 saturated heterocycles. The van der Waals surface area contributed by atoms with Crippen LogP contribution in [0, 0.1) is 0 Å². The number of rotatable bonds is 11. The molecule has 0 spiro atoms. The highest BCUT2D eigenvalue weighted by Crippen LogP contribution is 2.08. The monoisotopic (exact) mass is 308 g/mol. The molecule has 7 heteroatoms. The van der Waals surface area contributed by atoms with E-state index in [1.807, 2.05) is 0 Å². The Bertz CT molecular complexity index is 469. The molecule has 1 aromatic rings. The molecule has 1 atom stereocenters. The highest BCUT2D eigenvalue weighted by atomic mass is 16.4. The summed E-state index contributed by atoms with van der Waals surface area (Å²) in [5, 5.41) is 14.7. The summed E-state index contributed by atoms with van der Waals surface area (Å²) in [5.74, 6) is -1.11. The minimum atomic E-state index is -0.907. The van der Waals surface area contributed by atoms with Crippen LogP contribution >= 0.6 is 0 Å². The molecule has 0 saturated carbocycles. The number of hydrogen-bond donors (Lipinski definition) is 4. The van der Waals surface area contributed by atoms with Gasteiger partial charge < -0.3 is 20.7 Å². The highest BCUT2D eigenvalue weighted by Gasteiger charge is 2.13. The van der Waals surface area contributed by atoms with E-state index in [2.05, 4.69) is 27.2 Å². The fourth-order valence-corrected chi connectivity index (χ4v) is 2.17. The molecule has 122 valence electrons. The molecule has 0 aliphatic rings. The number of hydrogen-bond acceptors (Lipinski definition) is 4. The summed E-state index contributed by atoms with van der Waals surface area (Å²) in [6.45, 7) is 6.11. The van der Waals surface area contributed by atoms with Crippen LogP contribution in [0.2, 0.25) is 0 Å².